The highest BCUT2D eigenvalue weighted by molar-refractivity contribution is 7.07. The average molecular weight is 304 g/mol. The van der Waals surface area contributed by atoms with Gasteiger partial charge in [0.05, 0.1) is 6.61 Å². The minimum atomic E-state index is -0.217. The molecule has 1 heterocycles. The Balaban J connectivity index is 1.96. The smallest absolute Gasteiger partial charge is 0.119 e. The maximum atomic E-state index is 6.21. The maximum Gasteiger partial charge on any atom is 0.119 e. The zero-order valence-electron chi connectivity index (χ0n) is 13.1. The van der Waals surface area contributed by atoms with Gasteiger partial charge in [0.15, 0.2) is 0 Å². The van der Waals surface area contributed by atoms with E-state index in [-0.39, 0.29) is 5.60 Å². The molecule has 1 aromatic heterocycles. The van der Waals surface area contributed by atoms with Crippen molar-refractivity contribution in [3.8, 4) is 5.75 Å². The van der Waals surface area contributed by atoms with E-state index in [0.29, 0.717) is 13.2 Å². The van der Waals surface area contributed by atoms with Gasteiger partial charge in [-0.1, -0.05) is 26.0 Å². The summed E-state index contributed by atoms with van der Waals surface area (Å²) in [6, 6.07) is 10.3. The van der Waals surface area contributed by atoms with E-state index in [1.54, 1.807) is 11.3 Å². The molecule has 2 nitrogen and oxygen atoms in total. The molecule has 0 spiro atoms. The normalized spacial score (nSPS) is 11.6. The van der Waals surface area contributed by atoms with Crippen LogP contribution in [0.15, 0.2) is 41.1 Å². The highest BCUT2D eigenvalue weighted by atomic mass is 32.1. The summed E-state index contributed by atoms with van der Waals surface area (Å²) in [6.45, 7) is 7.65. The first kappa shape index (κ1) is 16.1. The Morgan fingerprint density at radius 2 is 1.95 bits per heavy atom. The number of aryl methyl sites for hydroxylation is 1. The lowest BCUT2D eigenvalue weighted by Gasteiger charge is -2.31. The predicted octanol–water partition coefficient (Wildman–Crippen LogP) is 5.21. The molecular formula is C18H24O2S. The van der Waals surface area contributed by atoms with Gasteiger partial charge in [-0.3, -0.25) is 0 Å². The third kappa shape index (κ3) is 4.58. The molecule has 0 amide bonds. The Labute approximate surface area is 131 Å². The summed E-state index contributed by atoms with van der Waals surface area (Å²) >= 11 is 1.71. The van der Waals surface area contributed by atoms with Crippen molar-refractivity contribution in [2.75, 3.05) is 6.61 Å². The molecule has 2 rings (SSSR count). The highest BCUT2D eigenvalue weighted by Gasteiger charge is 2.28. The van der Waals surface area contributed by atoms with E-state index in [4.69, 9.17) is 9.47 Å². The fraction of sp³-hybridized carbons (Fsp3) is 0.444. The standard InChI is InChI=1S/C18H24O2S/c1-4-18(5-2,20-12-16-9-10-21-13-16)14-19-17-8-6-7-15(3)11-17/h6-11,13H,4-5,12,14H2,1-3H3. The summed E-state index contributed by atoms with van der Waals surface area (Å²) in [5.74, 6) is 0.917. The number of ether oxygens (including phenoxy) is 2. The summed E-state index contributed by atoms with van der Waals surface area (Å²) in [6.07, 6.45) is 1.89. The fourth-order valence-corrected chi connectivity index (χ4v) is 2.88. The van der Waals surface area contributed by atoms with E-state index in [2.05, 4.69) is 49.7 Å². The van der Waals surface area contributed by atoms with Crippen LogP contribution in [-0.2, 0) is 11.3 Å². The summed E-state index contributed by atoms with van der Waals surface area (Å²) < 4.78 is 12.2. The predicted molar refractivity (Wildman–Crippen MR) is 89.1 cm³/mol. The van der Waals surface area contributed by atoms with E-state index >= 15 is 0 Å². The molecule has 0 unspecified atom stereocenters. The molecule has 0 bridgehead atoms. The van der Waals surface area contributed by atoms with Crippen LogP contribution in [0.5, 0.6) is 5.75 Å². The van der Waals surface area contributed by atoms with Gasteiger partial charge in [0.2, 0.25) is 0 Å². The Hall–Kier alpha value is -1.32. The van der Waals surface area contributed by atoms with Crippen molar-refractivity contribution >= 4 is 11.3 Å². The second-order valence-corrected chi connectivity index (χ2v) is 6.20. The molecule has 0 radical (unpaired) electrons. The number of benzene rings is 1. The molecule has 0 saturated heterocycles. The first-order chi connectivity index (χ1) is 10.2. The van der Waals surface area contributed by atoms with E-state index < -0.39 is 0 Å². The van der Waals surface area contributed by atoms with Gasteiger partial charge in [-0.05, 0) is 59.9 Å². The van der Waals surface area contributed by atoms with Crippen LogP contribution in [0.25, 0.3) is 0 Å². The summed E-state index contributed by atoms with van der Waals surface area (Å²) in [4.78, 5) is 0. The Kier molecular flexibility index (Phi) is 5.83. The molecule has 0 saturated carbocycles. The topological polar surface area (TPSA) is 18.5 Å². The lowest BCUT2D eigenvalue weighted by molar-refractivity contribution is -0.0877. The zero-order chi connectivity index (χ0) is 15.1. The van der Waals surface area contributed by atoms with Crippen molar-refractivity contribution < 1.29 is 9.47 Å². The Morgan fingerprint density at radius 1 is 1.14 bits per heavy atom. The van der Waals surface area contributed by atoms with Crippen molar-refractivity contribution in [3.63, 3.8) is 0 Å². The Bertz CT molecular complexity index is 530. The largest absolute Gasteiger partial charge is 0.491 e. The van der Waals surface area contributed by atoms with Crippen LogP contribution in [0.3, 0.4) is 0 Å². The summed E-state index contributed by atoms with van der Waals surface area (Å²) in [5.41, 5.74) is 2.23. The number of hydrogen-bond acceptors (Lipinski definition) is 3. The van der Waals surface area contributed by atoms with Crippen LogP contribution >= 0.6 is 11.3 Å². The number of rotatable bonds is 8. The molecule has 21 heavy (non-hydrogen) atoms. The van der Waals surface area contributed by atoms with Crippen molar-refractivity contribution in [3.05, 3.63) is 52.2 Å². The van der Waals surface area contributed by atoms with Gasteiger partial charge in [0.1, 0.15) is 18.0 Å². The van der Waals surface area contributed by atoms with Crippen LogP contribution in [-0.4, -0.2) is 12.2 Å². The molecule has 2 aromatic rings. The van der Waals surface area contributed by atoms with Gasteiger partial charge >= 0.3 is 0 Å². The lowest BCUT2D eigenvalue weighted by atomic mass is 9.98. The van der Waals surface area contributed by atoms with E-state index in [9.17, 15) is 0 Å². The van der Waals surface area contributed by atoms with Crippen LogP contribution in [0.2, 0.25) is 0 Å². The molecule has 0 aliphatic rings. The molecule has 1 aromatic carbocycles. The second-order valence-electron chi connectivity index (χ2n) is 5.42. The van der Waals surface area contributed by atoms with Crippen molar-refractivity contribution in [1.29, 1.82) is 0 Å². The summed E-state index contributed by atoms with van der Waals surface area (Å²) in [7, 11) is 0. The van der Waals surface area contributed by atoms with E-state index in [0.717, 1.165) is 18.6 Å². The highest BCUT2D eigenvalue weighted by Crippen LogP contribution is 2.25. The van der Waals surface area contributed by atoms with Gasteiger partial charge in [0, 0.05) is 0 Å². The number of hydrogen-bond donors (Lipinski definition) is 0. The molecule has 0 atom stereocenters. The van der Waals surface area contributed by atoms with Crippen molar-refractivity contribution in [1.82, 2.24) is 0 Å². The zero-order valence-corrected chi connectivity index (χ0v) is 13.9. The number of thiophene rings is 1. The summed E-state index contributed by atoms with van der Waals surface area (Å²) in [5, 5.41) is 4.22. The van der Waals surface area contributed by atoms with Gasteiger partial charge in [-0.2, -0.15) is 11.3 Å². The van der Waals surface area contributed by atoms with Gasteiger partial charge in [-0.15, -0.1) is 0 Å². The monoisotopic (exact) mass is 304 g/mol. The minimum Gasteiger partial charge on any atom is -0.491 e. The third-order valence-corrected chi connectivity index (χ3v) is 4.64. The molecule has 0 aliphatic heterocycles. The maximum absolute atomic E-state index is 6.21. The van der Waals surface area contributed by atoms with Crippen LogP contribution < -0.4 is 4.74 Å². The molecule has 0 fully saturated rings. The van der Waals surface area contributed by atoms with Gasteiger partial charge in [-0.25, -0.2) is 0 Å². The first-order valence-corrected chi connectivity index (χ1v) is 8.46. The van der Waals surface area contributed by atoms with Gasteiger partial charge < -0.3 is 9.47 Å². The van der Waals surface area contributed by atoms with Crippen LogP contribution in [0, 0.1) is 6.92 Å². The quantitative estimate of drug-likeness (QED) is 0.666. The third-order valence-electron chi connectivity index (χ3n) is 3.91. The van der Waals surface area contributed by atoms with Crippen LogP contribution in [0.1, 0.15) is 37.8 Å². The van der Waals surface area contributed by atoms with E-state index in [1.165, 1.54) is 11.1 Å². The molecule has 114 valence electrons. The molecular weight excluding hydrogens is 280 g/mol. The first-order valence-electron chi connectivity index (χ1n) is 7.52. The van der Waals surface area contributed by atoms with Gasteiger partial charge in [0.25, 0.3) is 0 Å². The van der Waals surface area contributed by atoms with Crippen molar-refractivity contribution in [2.45, 2.75) is 45.8 Å². The van der Waals surface area contributed by atoms with Crippen molar-refractivity contribution in [2.24, 2.45) is 0 Å². The second kappa shape index (κ2) is 7.62. The average Bonchev–Trinajstić information content (AvgIpc) is 3.02. The minimum absolute atomic E-state index is 0.217. The van der Waals surface area contributed by atoms with E-state index in [1.807, 2.05) is 12.1 Å². The molecule has 0 N–H and O–H groups in total. The Morgan fingerprint density at radius 3 is 2.57 bits per heavy atom. The van der Waals surface area contributed by atoms with Crippen LogP contribution in [0.4, 0.5) is 0 Å². The SMILES string of the molecule is CCC(CC)(COc1cccc(C)c1)OCc1ccsc1. The molecule has 0 aliphatic carbocycles. The lowest BCUT2D eigenvalue weighted by Crippen LogP contribution is -2.37. The fourth-order valence-electron chi connectivity index (χ4n) is 2.23. The molecule has 3 heteroatoms.